The Morgan fingerprint density at radius 3 is 2.67 bits per heavy atom. The van der Waals surface area contributed by atoms with Crippen LogP contribution >= 0.6 is 0 Å². The minimum Gasteiger partial charge on any atom is -0.496 e. The summed E-state index contributed by atoms with van der Waals surface area (Å²) in [6.07, 6.45) is 2.30. The lowest BCUT2D eigenvalue weighted by Gasteiger charge is -2.10. The summed E-state index contributed by atoms with van der Waals surface area (Å²) < 4.78 is 5.26. The van der Waals surface area contributed by atoms with E-state index >= 15 is 0 Å². The summed E-state index contributed by atoms with van der Waals surface area (Å²) in [4.78, 5) is 24.3. The summed E-state index contributed by atoms with van der Waals surface area (Å²) in [6, 6.07) is 14.7. The van der Waals surface area contributed by atoms with Crippen molar-refractivity contribution in [2.24, 2.45) is 0 Å². The quantitative estimate of drug-likeness (QED) is 0.858. The Hall–Kier alpha value is -2.82. The van der Waals surface area contributed by atoms with Gasteiger partial charge in [0.2, 0.25) is 5.91 Å². The monoisotopic (exact) mass is 324 g/mol. The molecule has 0 aromatic heterocycles. The van der Waals surface area contributed by atoms with Crippen molar-refractivity contribution in [1.82, 2.24) is 5.32 Å². The van der Waals surface area contributed by atoms with E-state index in [-0.39, 0.29) is 18.2 Å². The Labute approximate surface area is 141 Å². The number of amides is 2. The number of anilines is 1. The second-order valence-corrected chi connectivity index (χ2v) is 5.87. The predicted molar refractivity (Wildman–Crippen MR) is 92.3 cm³/mol. The molecule has 0 atom stereocenters. The van der Waals surface area contributed by atoms with Crippen LogP contribution in [0.25, 0.3) is 0 Å². The van der Waals surface area contributed by atoms with Crippen molar-refractivity contribution in [3.63, 3.8) is 0 Å². The number of hydrogen-bond donors (Lipinski definition) is 2. The number of rotatable bonds is 6. The largest absolute Gasteiger partial charge is 0.496 e. The zero-order valence-electron chi connectivity index (χ0n) is 13.5. The number of benzene rings is 2. The maximum atomic E-state index is 12.3. The van der Waals surface area contributed by atoms with Gasteiger partial charge in [0.15, 0.2) is 0 Å². The molecule has 3 rings (SSSR count). The van der Waals surface area contributed by atoms with E-state index in [0.29, 0.717) is 23.0 Å². The molecule has 0 spiro atoms. The highest BCUT2D eigenvalue weighted by Gasteiger charge is 2.23. The van der Waals surface area contributed by atoms with Crippen LogP contribution in [-0.4, -0.2) is 25.0 Å². The summed E-state index contributed by atoms with van der Waals surface area (Å²) >= 11 is 0. The molecule has 5 heteroatoms. The second-order valence-electron chi connectivity index (χ2n) is 5.87. The van der Waals surface area contributed by atoms with Gasteiger partial charge < -0.3 is 15.4 Å². The Morgan fingerprint density at radius 2 is 1.92 bits per heavy atom. The Kier molecular flexibility index (Phi) is 4.79. The summed E-state index contributed by atoms with van der Waals surface area (Å²) in [5, 5.41) is 5.77. The first kappa shape index (κ1) is 16.1. The van der Waals surface area contributed by atoms with Crippen LogP contribution in [0.1, 0.15) is 28.8 Å². The van der Waals surface area contributed by atoms with Gasteiger partial charge in [0.1, 0.15) is 5.75 Å². The van der Waals surface area contributed by atoms with E-state index in [2.05, 4.69) is 10.6 Å². The third-order valence-electron chi connectivity index (χ3n) is 3.86. The van der Waals surface area contributed by atoms with E-state index < -0.39 is 0 Å². The van der Waals surface area contributed by atoms with Crippen molar-refractivity contribution < 1.29 is 14.3 Å². The fraction of sp³-hybridized carbons (Fsp3) is 0.263. The lowest BCUT2D eigenvalue weighted by molar-refractivity contribution is -0.115. The van der Waals surface area contributed by atoms with E-state index in [4.69, 9.17) is 4.74 Å². The molecule has 2 amide bonds. The van der Waals surface area contributed by atoms with Gasteiger partial charge in [-0.15, -0.1) is 0 Å². The molecule has 1 aliphatic rings. The number of carbonyl (C=O) groups is 2. The molecule has 5 nitrogen and oxygen atoms in total. The van der Waals surface area contributed by atoms with E-state index in [1.807, 2.05) is 24.3 Å². The van der Waals surface area contributed by atoms with Gasteiger partial charge >= 0.3 is 0 Å². The minimum absolute atomic E-state index is 0.0988. The Bertz CT molecular complexity index is 754. The van der Waals surface area contributed by atoms with Gasteiger partial charge in [0, 0.05) is 22.9 Å². The second kappa shape index (κ2) is 7.17. The van der Waals surface area contributed by atoms with Crippen LogP contribution in [0.2, 0.25) is 0 Å². The SMILES string of the molecule is COc1ccccc1CC(=O)Nc1cccc(C(=O)NC2CC2)c1. The molecule has 24 heavy (non-hydrogen) atoms. The maximum Gasteiger partial charge on any atom is 0.251 e. The number of hydrogen-bond acceptors (Lipinski definition) is 3. The molecule has 124 valence electrons. The Morgan fingerprint density at radius 1 is 1.12 bits per heavy atom. The maximum absolute atomic E-state index is 12.3. The molecule has 2 aromatic carbocycles. The van der Waals surface area contributed by atoms with Crippen LogP contribution in [0.3, 0.4) is 0 Å². The standard InChI is InChI=1S/C19H20N2O3/c1-24-17-8-3-2-5-13(17)12-18(22)20-16-7-4-6-14(11-16)19(23)21-15-9-10-15/h2-8,11,15H,9-10,12H2,1H3,(H,20,22)(H,21,23). The van der Waals surface area contributed by atoms with Gasteiger partial charge in [0.05, 0.1) is 13.5 Å². The van der Waals surface area contributed by atoms with Crippen molar-refractivity contribution in [2.75, 3.05) is 12.4 Å². The van der Waals surface area contributed by atoms with Crippen LogP contribution < -0.4 is 15.4 Å². The number of nitrogens with one attached hydrogen (secondary N) is 2. The van der Waals surface area contributed by atoms with Crippen LogP contribution in [0, 0.1) is 0 Å². The van der Waals surface area contributed by atoms with E-state index in [9.17, 15) is 9.59 Å². The third kappa shape index (κ3) is 4.13. The highest BCUT2D eigenvalue weighted by Crippen LogP contribution is 2.21. The molecule has 1 aliphatic carbocycles. The van der Waals surface area contributed by atoms with Crippen LogP contribution in [0.15, 0.2) is 48.5 Å². The first-order valence-electron chi connectivity index (χ1n) is 7.98. The number of para-hydroxylation sites is 1. The third-order valence-corrected chi connectivity index (χ3v) is 3.86. The first-order valence-corrected chi connectivity index (χ1v) is 7.98. The lowest BCUT2D eigenvalue weighted by Crippen LogP contribution is -2.25. The first-order chi connectivity index (χ1) is 11.7. The summed E-state index contributed by atoms with van der Waals surface area (Å²) in [7, 11) is 1.58. The molecular formula is C19H20N2O3. The van der Waals surface area contributed by atoms with Crippen molar-refractivity contribution in [3.05, 3.63) is 59.7 Å². The molecule has 0 saturated heterocycles. The number of carbonyl (C=O) groups excluding carboxylic acids is 2. The fourth-order valence-corrected chi connectivity index (χ4v) is 2.46. The average Bonchev–Trinajstić information content (AvgIpc) is 3.39. The van der Waals surface area contributed by atoms with Gasteiger partial charge in [-0.25, -0.2) is 0 Å². The van der Waals surface area contributed by atoms with E-state index in [0.717, 1.165) is 18.4 Å². The number of ether oxygens (including phenoxy) is 1. The van der Waals surface area contributed by atoms with Gasteiger partial charge in [-0.2, -0.15) is 0 Å². The van der Waals surface area contributed by atoms with Crippen LogP contribution in [0.5, 0.6) is 5.75 Å². The highest BCUT2D eigenvalue weighted by molar-refractivity contribution is 5.97. The zero-order valence-corrected chi connectivity index (χ0v) is 13.5. The van der Waals surface area contributed by atoms with Gasteiger partial charge in [-0.05, 0) is 37.1 Å². The molecule has 0 aliphatic heterocycles. The van der Waals surface area contributed by atoms with Crippen molar-refractivity contribution in [3.8, 4) is 5.75 Å². The highest BCUT2D eigenvalue weighted by atomic mass is 16.5. The summed E-state index contributed by atoms with van der Waals surface area (Å²) in [5.74, 6) is 0.433. The fourth-order valence-electron chi connectivity index (χ4n) is 2.46. The molecular weight excluding hydrogens is 304 g/mol. The lowest BCUT2D eigenvalue weighted by atomic mass is 10.1. The van der Waals surface area contributed by atoms with Crippen LogP contribution in [0.4, 0.5) is 5.69 Å². The van der Waals surface area contributed by atoms with E-state index in [1.54, 1.807) is 31.4 Å². The van der Waals surface area contributed by atoms with E-state index in [1.165, 1.54) is 0 Å². The smallest absolute Gasteiger partial charge is 0.251 e. The van der Waals surface area contributed by atoms with Crippen molar-refractivity contribution >= 4 is 17.5 Å². The molecule has 0 radical (unpaired) electrons. The molecule has 2 aromatic rings. The molecule has 0 heterocycles. The molecule has 0 bridgehead atoms. The van der Waals surface area contributed by atoms with Gasteiger partial charge in [-0.3, -0.25) is 9.59 Å². The summed E-state index contributed by atoms with van der Waals surface area (Å²) in [5.41, 5.74) is 1.98. The number of methoxy groups -OCH3 is 1. The molecule has 0 unspecified atom stereocenters. The average molecular weight is 324 g/mol. The Balaban J connectivity index is 1.64. The van der Waals surface area contributed by atoms with Crippen molar-refractivity contribution in [1.29, 1.82) is 0 Å². The predicted octanol–water partition coefficient (Wildman–Crippen LogP) is 2.77. The minimum atomic E-state index is -0.153. The summed E-state index contributed by atoms with van der Waals surface area (Å²) in [6.45, 7) is 0. The molecule has 1 saturated carbocycles. The van der Waals surface area contributed by atoms with Crippen molar-refractivity contribution in [2.45, 2.75) is 25.3 Å². The molecule has 1 fully saturated rings. The zero-order chi connectivity index (χ0) is 16.9. The normalized spacial score (nSPS) is 13.2. The molecule has 2 N–H and O–H groups in total. The topological polar surface area (TPSA) is 67.4 Å². The van der Waals surface area contributed by atoms with Gasteiger partial charge in [0.25, 0.3) is 5.91 Å². The van der Waals surface area contributed by atoms with Crippen LogP contribution in [-0.2, 0) is 11.2 Å². The van der Waals surface area contributed by atoms with Gasteiger partial charge in [-0.1, -0.05) is 24.3 Å².